The lowest BCUT2D eigenvalue weighted by Gasteiger charge is -2.09. The zero-order valence-electron chi connectivity index (χ0n) is 14.0. The fraction of sp³-hybridized carbons (Fsp3) is 0.105. The number of aromatic nitrogens is 2. The molecule has 1 N–H and O–H groups in total. The van der Waals surface area contributed by atoms with Crippen molar-refractivity contribution in [3.8, 4) is 5.69 Å². The van der Waals surface area contributed by atoms with Crippen LogP contribution in [0.1, 0.15) is 19.5 Å². The van der Waals surface area contributed by atoms with Gasteiger partial charge in [-0.3, -0.25) is 9.59 Å². The summed E-state index contributed by atoms with van der Waals surface area (Å²) in [6, 6.07) is 9.63. The van der Waals surface area contributed by atoms with Crippen molar-refractivity contribution in [1.29, 1.82) is 0 Å². The monoisotopic (exact) mass is 339 g/mol. The fourth-order valence-corrected chi connectivity index (χ4v) is 2.05. The summed E-state index contributed by atoms with van der Waals surface area (Å²) in [6.07, 6.45) is 4.09. The van der Waals surface area contributed by atoms with Gasteiger partial charge in [0.05, 0.1) is 11.4 Å². The quantitative estimate of drug-likeness (QED) is 0.846. The van der Waals surface area contributed by atoms with E-state index >= 15 is 0 Å². The number of benzene rings is 1. The van der Waals surface area contributed by atoms with Crippen LogP contribution in [0, 0.1) is 0 Å². The average Bonchev–Trinajstić information content (AvgIpc) is 2.59. The Bertz CT molecular complexity index is 926. The average molecular weight is 339 g/mol. The highest BCUT2D eigenvalue weighted by molar-refractivity contribution is 5.88. The molecule has 2 rings (SSSR count). The third-order valence-corrected chi connectivity index (χ3v) is 3.26. The van der Waals surface area contributed by atoms with Gasteiger partial charge >= 0.3 is 0 Å². The third-order valence-electron chi connectivity index (χ3n) is 3.26. The molecular formula is C19H18FN3O2. The van der Waals surface area contributed by atoms with Crippen molar-refractivity contribution < 1.29 is 9.18 Å². The van der Waals surface area contributed by atoms with Crippen LogP contribution >= 0.6 is 0 Å². The van der Waals surface area contributed by atoms with Crippen LogP contribution < -0.4 is 10.9 Å². The van der Waals surface area contributed by atoms with E-state index in [4.69, 9.17) is 0 Å². The van der Waals surface area contributed by atoms with Crippen molar-refractivity contribution in [2.24, 2.45) is 0 Å². The maximum absolute atomic E-state index is 13.2. The van der Waals surface area contributed by atoms with E-state index in [2.05, 4.69) is 17.0 Å². The van der Waals surface area contributed by atoms with Crippen LogP contribution in [0.15, 0.2) is 71.8 Å². The molecule has 0 fully saturated rings. The molecular weight excluding hydrogens is 321 g/mol. The van der Waals surface area contributed by atoms with Crippen LogP contribution in [0.3, 0.4) is 0 Å². The SMILES string of the molecule is C=C(/C=C\C(F)=C/C)c1ccc(=O)n(-c2cccc(NC(C)=O)c2)n1. The van der Waals surface area contributed by atoms with Crippen molar-refractivity contribution >= 4 is 17.2 Å². The van der Waals surface area contributed by atoms with E-state index < -0.39 is 5.83 Å². The zero-order valence-corrected chi connectivity index (χ0v) is 14.0. The summed E-state index contributed by atoms with van der Waals surface area (Å²) in [4.78, 5) is 23.3. The number of rotatable bonds is 5. The Morgan fingerprint density at radius 1 is 1.28 bits per heavy atom. The van der Waals surface area contributed by atoms with Crippen molar-refractivity contribution in [3.05, 3.63) is 83.1 Å². The second kappa shape index (κ2) is 8.01. The van der Waals surface area contributed by atoms with Gasteiger partial charge in [0, 0.05) is 18.7 Å². The molecule has 0 aliphatic heterocycles. The molecule has 25 heavy (non-hydrogen) atoms. The summed E-state index contributed by atoms with van der Waals surface area (Å²) in [5.74, 6) is -0.604. The molecule has 0 unspecified atom stereocenters. The first kappa shape index (κ1) is 18.1. The molecule has 0 aliphatic carbocycles. The van der Waals surface area contributed by atoms with Crippen molar-refractivity contribution in [2.75, 3.05) is 5.32 Å². The molecule has 0 atom stereocenters. The molecule has 0 spiro atoms. The highest BCUT2D eigenvalue weighted by atomic mass is 19.1. The minimum atomic E-state index is -0.391. The van der Waals surface area contributed by atoms with E-state index in [1.807, 2.05) is 0 Å². The van der Waals surface area contributed by atoms with Gasteiger partial charge in [-0.15, -0.1) is 0 Å². The Balaban J connectivity index is 2.40. The van der Waals surface area contributed by atoms with Gasteiger partial charge in [0.15, 0.2) is 0 Å². The highest BCUT2D eigenvalue weighted by Gasteiger charge is 2.06. The molecule has 0 aliphatic rings. The summed E-state index contributed by atoms with van der Waals surface area (Å²) in [5, 5.41) is 6.92. The Morgan fingerprint density at radius 3 is 2.72 bits per heavy atom. The number of hydrogen-bond donors (Lipinski definition) is 1. The number of nitrogens with one attached hydrogen (secondary N) is 1. The Hall–Kier alpha value is -3.28. The number of anilines is 1. The first-order valence-corrected chi connectivity index (χ1v) is 7.58. The number of allylic oxidation sites excluding steroid dienone is 5. The minimum absolute atomic E-state index is 0.212. The molecule has 0 bridgehead atoms. The smallest absolute Gasteiger partial charge is 0.271 e. The molecule has 5 nitrogen and oxygen atoms in total. The predicted molar refractivity (Wildman–Crippen MR) is 97.2 cm³/mol. The summed E-state index contributed by atoms with van der Waals surface area (Å²) in [5.41, 5.74) is 1.61. The van der Waals surface area contributed by atoms with Crippen LogP contribution in [-0.2, 0) is 4.79 Å². The molecule has 0 saturated carbocycles. The Kier molecular flexibility index (Phi) is 5.79. The highest BCUT2D eigenvalue weighted by Crippen LogP contribution is 2.15. The number of halogens is 1. The number of carbonyl (C=O) groups is 1. The van der Waals surface area contributed by atoms with Gasteiger partial charge in [0.2, 0.25) is 5.91 Å². The van der Waals surface area contributed by atoms with Crippen LogP contribution in [0.2, 0.25) is 0 Å². The largest absolute Gasteiger partial charge is 0.326 e. The summed E-state index contributed by atoms with van der Waals surface area (Å²) < 4.78 is 14.4. The number of carbonyl (C=O) groups excluding carboxylic acids is 1. The Labute approximate surface area is 144 Å². The van der Waals surface area contributed by atoms with E-state index in [1.165, 1.54) is 42.0 Å². The van der Waals surface area contributed by atoms with Gasteiger partial charge in [-0.2, -0.15) is 9.78 Å². The summed E-state index contributed by atoms with van der Waals surface area (Å²) >= 11 is 0. The lowest BCUT2D eigenvalue weighted by Crippen LogP contribution is -2.21. The normalized spacial score (nSPS) is 11.6. The molecule has 0 radical (unpaired) electrons. The standard InChI is InChI=1S/C19H18FN3O2/c1-4-15(20)9-8-13(2)18-10-11-19(25)23(22-18)17-7-5-6-16(12-17)21-14(3)24/h4-12H,2H2,1,3H3,(H,21,24)/b9-8-,15-4+. The molecule has 128 valence electrons. The van der Waals surface area contributed by atoms with E-state index in [9.17, 15) is 14.0 Å². The fourth-order valence-electron chi connectivity index (χ4n) is 2.05. The first-order valence-electron chi connectivity index (χ1n) is 7.58. The summed E-state index contributed by atoms with van der Waals surface area (Å²) in [6.45, 7) is 6.82. The molecule has 1 amide bonds. The Morgan fingerprint density at radius 2 is 2.04 bits per heavy atom. The van der Waals surface area contributed by atoms with Gasteiger partial charge in [-0.1, -0.05) is 24.8 Å². The third kappa shape index (κ3) is 4.84. The van der Waals surface area contributed by atoms with Gasteiger partial charge in [0.1, 0.15) is 5.83 Å². The topological polar surface area (TPSA) is 64.0 Å². The maximum atomic E-state index is 13.2. The second-order valence-corrected chi connectivity index (χ2v) is 5.23. The molecule has 1 aromatic heterocycles. The molecule has 6 heteroatoms. The zero-order chi connectivity index (χ0) is 18.4. The lowest BCUT2D eigenvalue weighted by molar-refractivity contribution is -0.114. The van der Waals surface area contributed by atoms with E-state index in [0.717, 1.165) is 0 Å². The first-order chi connectivity index (χ1) is 11.9. The summed E-state index contributed by atoms with van der Waals surface area (Å²) in [7, 11) is 0. The van der Waals surface area contributed by atoms with E-state index in [1.54, 1.807) is 31.2 Å². The lowest BCUT2D eigenvalue weighted by atomic mass is 10.2. The molecule has 1 heterocycles. The number of nitrogens with zero attached hydrogens (tertiary/aromatic N) is 2. The molecule has 2 aromatic rings. The maximum Gasteiger partial charge on any atom is 0.271 e. The second-order valence-electron chi connectivity index (χ2n) is 5.23. The van der Waals surface area contributed by atoms with E-state index in [0.29, 0.717) is 22.6 Å². The van der Waals surface area contributed by atoms with E-state index in [-0.39, 0.29) is 11.5 Å². The molecule has 0 saturated heterocycles. The van der Waals surface area contributed by atoms with Crippen molar-refractivity contribution in [2.45, 2.75) is 13.8 Å². The predicted octanol–water partition coefficient (Wildman–Crippen LogP) is 3.63. The van der Waals surface area contributed by atoms with Gasteiger partial charge in [0.25, 0.3) is 5.56 Å². The van der Waals surface area contributed by atoms with Crippen LogP contribution in [0.5, 0.6) is 0 Å². The number of amides is 1. The van der Waals surface area contributed by atoms with Gasteiger partial charge in [-0.05, 0) is 42.8 Å². The van der Waals surface area contributed by atoms with Crippen LogP contribution in [-0.4, -0.2) is 15.7 Å². The van der Waals surface area contributed by atoms with Crippen molar-refractivity contribution in [3.63, 3.8) is 0 Å². The van der Waals surface area contributed by atoms with Crippen LogP contribution in [0.4, 0.5) is 10.1 Å². The van der Waals surface area contributed by atoms with Gasteiger partial charge in [-0.25, -0.2) is 4.39 Å². The van der Waals surface area contributed by atoms with Crippen LogP contribution in [0.25, 0.3) is 11.3 Å². The van der Waals surface area contributed by atoms with Crippen molar-refractivity contribution in [1.82, 2.24) is 9.78 Å². The number of hydrogen-bond acceptors (Lipinski definition) is 3. The molecule has 1 aromatic carbocycles. The van der Waals surface area contributed by atoms with Gasteiger partial charge < -0.3 is 5.32 Å². The minimum Gasteiger partial charge on any atom is -0.326 e.